The van der Waals surface area contributed by atoms with Crippen molar-refractivity contribution in [3.05, 3.63) is 41.0 Å². The summed E-state index contributed by atoms with van der Waals surface area (Å²) in [5.41, 5.74) is 1.90. The normalized spacial score (nSPS) is 24.6. The third-order valence-corrected chi connectivity index (χ3v) is 7.88. The van der Waals surface area contributed by atoms with Crippen molar-refractivity contribution in [2.75, 3.05) is 26.8 Å². The highest BCUT2D eigenvalue weighted by atomic mass is 16.6. The maximum atomic E-state index is 13.9. The predicted molar refractivity (Wildman–Crippen MR) is 163 cm³/mol. The van der Waals surface area contributed by atoms with Gasteiger partial charge in [-0.15, -0.1) is 0 Å². The van der Waals surface area contributed by atoms with E-state index >= 15 is 0 Å². The van der Waals surface area contributed by atoms with Crippen molar-refractivity contribution in [3.63, 3.8) is 0 Å². The van der Waals surface area contributed by atoms with Crippen molar-refractivity contribution in [2.45, 2.75) is 90.8 Å². The quantitative estimate of drug-likeness (QED) is 0.377. The highest BCUT2D eigenvalue weighted by Gasteiger charge is 2.45. The lowest BCUT2D eigenvalue weighted by atomic mass is 9.88. The fourth-order valence-corrected chi connectivity index (χ4v) is 5.54. The monoisotopic (exact) mass is 628 g/mol. The molecule has 0 saturated carbocycles. The minimum absolute atomic E-state index is 0.00375. The molecule has 0 aromatic heterocycles. The number of carbonyl (C=O) groups is 5. The maximum Gasteiger partial charge on any atom is 0.410 e. The summed E-state index contributed by atoms with van der Waals surface area (Å²) >= 11 is 0. The molecule has 13 nitrogen and oxygen atoms in total. The van der Waals surface area contributed by atoms with Crippen molar-refractivity contribution < 1.29 is 42.9 Å². The van der Waals surface area contributed by atoms with E-state index in [4.69, 9.17) is 18.9 Å². The first-order valence-corrected chi connectivity index (χ1v) is 15.2. The average molecular weight is 629 g/mol. The molecule has 0 aliphatic carbocycles. The molecule has 3 heterocycles. The number of carbonyl (C=O) groups excluding carboxylic acids is 5. The third kappa shape index (κ3) is 8.89. The van der Waals surface area contributed by atoms with Gasteiger partial charge in [-0.2, -0.15) is 0 Å². The van der Waals surface area contributed by atoms with Crippen LogP contribution in [0.5, 0.6) is 0 Å². The second-order valence-corrected chi connectivity index (χ2v) is 13.4. The summed E-state index contributed by atoms with van der Waals surface area (Å²) < 4.78 is 21.6. The largest absolute Gasteiger partial charge is 0.467 e. The van der Waals surface area contributed by atoms with Crippen LogP contribution in [0.3, 0.4) is 0 Å². The number of methoxy groups -OCH3 is 1. The first kappa shape index (κ1) is 33.6. The number of alkyl carbamates (subject to hydrolysis) is 2. The zero-order valence-corrected chi connectivity index (χ0v) is 26.8. The van der Waals surface area contributed by atoms with Gasteiger partial charge in [0.15, 0.2) is 0 Å². The van der Waals surface area contributed by atoms with Crippen molar-refractivity contribution in [3.8, 4) is 0 Å². The zero-order chi connectivity index (χ0) is 32.9. The molecule has 4 bridgehead atoms. The second-order valence-electron chi connectivity index (χ2n) is 13.4. The van der Waals surface area contributed by atoms with Gasteiger partial charge in [-0.25, -0.2) is 19.2 Å². The number of hydrogen-bond acceptors (Lipinski definition) is 9. The summed E-state index contributed by atoms with van der Waals surface area (Å²) in [6.07, 6.45) is 2.51. The Balaban J connectivity index is 1.60. The van der Waals surface area contributed by atoms with E-state index in [-0.39, 0.29) is 31.5 Å². The molecule has 1 aromatic carbocycles. The van der Waals surface area contributed by atoms with E-state index in [1.807, 2.05) is 38.1 Å². The molecular formula is C32H44N4O9. The summed E-state index contributed by atoms with van der Waals surface area (Å²) in [6, 6.07) is 3.53. The summed E-state index contributed by atoms with van der Waals surface area (Å²) in [5.74, 6) is -1.39. The molecule has 4 rings (SSSR count). The van der Waals surface area contributed by atoms with Crippen LogP contribution < -0.4 is 10.6 Å². The van der Waals surface area contributed by atoms with E-state index in [1.54, 1.807) is 25.7 Å². The lowest BCUT2D eigenvalue weighted by Gasteiger charge is -2.29. The summed E-state index contributed by atoms with van der Waals surface area (Å²) in [6.45, 7) is 9.38. The van der Waals surface area contributed by atoms with Crippen LogP contribution in [0.25, 0.3) is 6.08 Å². The summed E-state index contributed by atoms with van der Waals surface area (Å²) in [4.78, 5) is 68.1. The second kappa shape index (κ2) is 13.8. The molecule has 13 heteroatoms. The molecule has 1 fully saturated rings. The number of cyclic esters (lactones) is 1. The Morgan fingerprint density at radius 1 is 1.16 bits per heavy atom. The molecule has 1 aromatic rings. The number of nitrogens with one attached hydrogen (secondary N) is 2. The Labute approximate surface area is 263 Å². The van der Waals surface area contributed by atoms with Gasteiger partial charge in [0, 0.05) is 13.0 Å². The van der Waals surface area contributed by atoms with Crippen LogP contribution in [0.2, 0.25) is 0 Å². The molecule has 0 unspecified atom stereocenters. The standard InChI is InChI=1S/C32H44N4O9/c1-31(2,3)45-28(39)33-15-24-26(37)36-17-22(14-25(36)27(38)42-6)44-30(41)35-16-21-12-9-11-20(23(21)18-35)10-7-8-13-32(4,5)19-43-29(40)34-24/h7,9-12,22,24-25H,8,13-19H2,1-6H3,(H,33,39)(H,34,40)/b10-7+/t22-,24+,25+/m1/s1. The molecule has 45 heavy (non-hydrogen) atoms. The molecule has 3 aliphatic rings. The highest BCUT2D eigenvalue weighted by Crippen LogP contribution is 2.30. The number of allylic oxidation sites excluding steroid dienone is 1. The number of amides is 4. The van der Waals surface area contributed by atoms with Gasteiger partial charge in [-0.3, -0.25) is 9.69 Å². The SMILES string of the molecule is COC(=O)[C@@H]1C[C@@H]2CN1C(=O)[C@H](CNC(=O)OC(C)(C)C)NC(=O)OCC(C)(C)CC/C=C/c1cccc3c1CN(C3)C(=O)O2. The summed E-state index contributed by atoms with van der Waals surface area (Å²) in [5, 5.41) is 5.04. The van der Waals surface area contributed by atoms with Crippen molar-refractivity contribution in [2.24, 2.45) is 5.41 Å². The topological polar surface area (TPSA) is 153 Å². The number of ether oxygens (including phenoxy) is 4. The third-order valence-electron chi connectivity index (χ3n) is 7.88. The van der Waals surface area contributed by atoms with Crippen molar-refractivity contribution in [1.82, 2.24) is 20.4 Å². The molecule has 3 aliphatic heterocycles. The van der Waals surface area contributed by atoms with Gasteiger partial charge in [0.1, 0.15) is 23.8 Å². The van der Waals surface area contributed by atoms with E-state index in [0.29, 0.717) is 19.5 Å². The molecule has 0 spiro atoms. The van der Waals surface area contributed by atoms with Crippen LogP contribution in [0, 0.1) is 5.41 Å². The maximum absolute atomic E-state index is 13.9. The Morgan fingerprint density at radius 2 is 1.91 bits per heavy atom. The minimum Gasteiger partial charge on any atom is -0.467 e. The van der Waals surface area contributed by atoms with Gasteiger partial charge in [0.25, 0.3) is 0 Å². The van der Waals surface area contributed by atoms with Gasteiger partial charge in [-0.1, -0.05) is 44.2 Å². The van der Waals surface area contributed by atoms with Crippen LogP contribution in [-0.2, 0) is 41.6 Å². The van der Waals surface area contributed by atoms with Crippen LogP contribution in [0.4, 0.5) is 14.4 Å². The molecule has 1 saturated heterocycles. The van der Waals surface area contributed by atoms with Crippen LogP contribution in [0.1, 0.15) is 70.6 Å². The molecular weight excluding hydrogens is 584 g/mol. The lowest BCUT2D eigenvalue weighted by Crippen LogP contribution is -2.56. The minimum atomic E-state index is -1.32. The lowest BCUT2D eigenvalue weighted by molar-refractivity contribution is -0.151. The number of nitrogens with zero attached hydrogens (tertiary/aromatic N) is 2. The molecule has 3 atom stereocenters. The first-order chi connectivity index (χ1) is 21.2. The van der Waals surface area contributed by atoms with Crippen molar-refractivity contribution >= 4 is 36.2 Å². The number of rotatable bonds is 3. The number of esters is 1. The van der Waals surface area contributed by atoms with Gasteiger partial charge < -0.3 is 34.5 Å². The first-order valence-electron chi connectivity index (χ1n) is 15.2. The Bertz CT molecular complexity index is 1340. The zero-order valence-electron chi connectivity index (χ0n) is 26.8. The molecule has 2 N–H and O–H groups in total. The fourth-order valence-electron chi connectivity index (χ4n) is 5.54. The molecule has 246 valence electrons. The highest BCUT2D eigenvalue weighted by molar-refractivity contribution is 5.91. The molecule has 0 radical (unpaired) electrons. The summed E-state index contributed by atoms with van der Waals surface area (Å²) in [7, 11) is 1.20. The molecule has 4 amide bonds. The van der Waals surface area contributed by atoms with E-state index in [0.717, 1.165) is 23.1 Å². The number of hydrogen-bond donors (Lipinski definition) is 2. The van der Waals surface area contributed by atoms with E-state index < -0.39 is 53.9 Å². The Hall–Kier alpha value is -4.29. The Morgan fingerprint density at radius 3 is 2.62 bits per heavy atom. The van der Waals surface area contributed by atoms with Crippen LogP contribution in [0.15, 0.2) is 24.3 Å². The smallest absolute Gasteiger partial charge is 0.410 e. The van der Waals surface area contributed by atoms with Gasteiger partial charge in [0.2, 0.25) is 5.91 Å². The van der Waals surface area contributed by atoms with Gasteiger partial charge >= 0.3 is 24.2 Å². The van der Waals surface area contributed by atoms with Gasteiger partial charge in [0.05, 0.1) is 33.4 Å². The van der Waals surface area contributed by atoms with E-state index in [1.165, 1.54) is 12.0 Å². The Kier molecular flexibility index (Phi) is 10.3. The predicted octanol–water partition coefficient (Wildman–Crippen LogP) is 3.73. The number of benzene rings is 1. The van der Waals surface area contributed by atoms with E-state index in [2.05, 4.69) is 16.7 Å². The van der Waals surface area contributed by atoms with Crippen LogP contribution in [-0.4, -0.2) is 90.6 Å². The fraction of sp³-hybridized carbons (Fsp3) is 0.594. The van der Waals surface area contributed by atoms with Crippen molar-refractivity contribution in [1.29, 1.82) is 0 Å². The average Bonchev–Trinajstić information content (AvgIpc) is 3.59. The number of fused-ring (bicyclic) bond motifs is 3. The van der Waals surface area contributed by atoms with E-state index in [9.17, 15) is 24.0 Å². The van der Waals surface area contributed by atoms with Gasteiger partial charge in [-0.05, 0) is 55.7 Å². The van der Waals surface area contributed by atoms with Crippen LogP contribution >= 0.6 is 0 Å².